The third kappa shape index (κ3) is 2.18. The number of nitrogens with one attached hydrogen (secondary N) is 1. The van der Waals surface area contributed by atoms with E-state index in [1.807, 2.05) is 4.68 Å². The summed E-state index contributed by atoms with van der Waals surface area (Å²) in [5.74, 6) is 1.16. The number of benzene rings is 1. The van der Waals surface area contributed by atoms with E-state index >= 15 is 0 Å². The Balaban J connectivity index is 2.15. The van der Waals surface area contributed by atoms with Gasteiger partial charge in [-0.3, -0.25) is 0 Å². The standard InChI is InChI=1S/C15H18BrN3/c1-15(2,3)13-12-8-9-17-14(12)19(18-13)11-6-4-10(16)5-7-11/h4-7,17H,8-9H2,1-3H3. The van der Waals surface area contributed by atoms with Crippen LogP contribution in [-0.4, -0.2) is 16.3 Å². The molecule has 19 heavy (non-hydrogen) atoms. The Hall–Kier alpha value is -1.29. The van der Waals surface area contributed by atoms with Crippen molar-refractivity contribution in [2.24, 2.45) is 0 Å². The average molecular weight is 320 g/mol. The van der Waals surface area contributed by atoms with Crippen molar-refractivity contribution in [1.82, 2.24) is 9.78 Å². The minimum Gasteiger partial charge on any atom is -0.369 e. The van der Waals surface area contributed by atoms with Crippen LogP contribution >= 0.6 is 15.9 Å². The summed E-state index contributed by atoms with van der Waals surface area (Å²) in [7, 11) is 0. The first-order chi connectivity index (χ1) is 8.97. The fraction of sp³-hybridized carbons (Fsp3) is 0.400. The van der Waals surface area contributed by atoms with Crippen LogP contribution in [0.3, 0.4) is 0 Å². The molecule has 3 nitrogen and oxygen atoms in total. The number of nitrogens with zero attached hydrogens (tertiary/aromatic N) is 2. The number of anilines is 1. The Bertz CT molecular complexity index is 606. The second kappa shape index (κ2) is 4.37. The Morgan fingerprint density at radius 1 is 1.21 bits per heavy atom. The normalized spacial score (nSPS) is 14.3. The van der Waals surface area contributed by atoms with Gasteiger partial charge in [0.05, 0.1) is 11.4 Å². The molecule has 0 radical (unpaired) electrons. The molecule has 1 aromatic carbocycles. The lowest BCUT2D eigenvalue weighted by Crippen LogP contribution is -2.15. The number of aromatic nitrogens is 2. The van der Waals surface area contributed by atoms with Gasteiger partial charge < -0.3 is 5.32 Å². The van der Waals surface area contributed by atoms with Gasteiger partial charge in [0.25, 0.3) is 0 Å². The molecule has 3 rings (SSSR count). The van der Waals surface area contributed by atoms with E-state index in [0.29, 0.717) is 0 Å². The van der Waals surface area contributed by atoms with Crippen molar-refractivity contribution in [2.75, 3.05) is 11.9 Å². The molecule has 2 aromatic rings. The molecule has 1 aliphatic rings. The molecule has 0 aliphatic carbocycles. The molecule has 0 unspecified atom stereocenters. The number of hydrogen-bond acceptors (Lipinski definition) is 2. The van der Waals surface area contributed by atoms with Gasteiger partial charge in [0.2, 0.25) is 0 Å². The highest BCUT2D eigenvalue weighted by Crippen LogP contribution is 2.35. The van der Waals surface area contributed by atoms with Gasteiger partial charge in [-0.15, -0.1) is 0 Å². The molecule has 1 aliphatic heterocycles. The van der Waals surface area contributed by atoms with Crippen LogP contribution in [0, 0.1) is 0 Å². The SMILES string of the molecule is CC(C)(C)c1nn(-c2ccc(Br)cc2)c2c1CCN2. The molecule has 1 aromatic heterocycles. The van der Waals surface area contributed by atoms with E-state index in [9.17, 15) is 0 Å². The second-order valence-electron chi connectivity index (χ2n) is 5.99. The van der Waals surface area contributed by atoms with Crippen LogP contribution in [0.1, 0.15) is 32.0 Å². The third-order valence-corrected chi connectivity index (χ3v) is 3.96. The molecule has 0 bridgehead atoms. The number of fused-ring (bicyclic) bond motifs is 1. The number of rotatable bonds is 1. The van der Waals surface area contributed by atoms with Gasteiger partial charge in [0, 0.05) is 22.0 Å². The summed E-state index contributed by atoms with van der Waals surface area (Å²) in [6.45, 7) is 7.67. The van der Waals surface area contributed by atoms with Gasteiger partial charge in [-0.25, -0.2) is 4.68 Å². The average Bonchev–Trinajstić information content (AvgIpc) is 2.89. The number of hydrogen-bond donors (Lipinski definition) is 1. The molecule has 2 heterocycles. The molecule has 100 valence electrons. The Morgan fingerprint density at radius 3 is 2.53 bits per heavy atom. The van der Waals surface area contributed by atoms with Crippen molar-refractivity contribution in [2.45, 2.75) is 32.6 Å². The van der Waals surface area contributed by atoms with Crippen LogP contribution in [0.15, 0.2) is 28.7 Å². The van der Waals surface area contributed by atoms with Crippen molar-refractivity contribution in [3.05, 3.63) is 40.0 Å². The van der Waals surface area contributed by atoms with E-state index in [1.54, 1.807) is 0 Å². The van der Waals surface area contributed by atoms with E-state index in [2.05, 4.69) is 66.3 Å². The zero-order valence-electron chi connectivity index (χ0n) is 11.5. The van der Waals surface area contributed by atoms with Crippen LogP contribution in [0.4, 0.5) is 5.82 Å². The summed E-state index contributed by atoms with van der Waals surface area (Å²) in [5.41, 5.74) is 3.76. The first-order valence-corrected chi connectivity index (χ1v) is 7.38. The van der Waals surface area contributed by atoms with Crippen molar-refractivity contribution in [3.8, 4) is 5.69 Å². The molecule has 4 heteroatoms. The lowest BCUT2D eigenvalue weighted by atomic mass is 9.89. The highest BCUT2D eigenvalue weighted by molar-refractivity contribution is 9.10. The van der Waals surface area contributed by atoms with Crippen molar-refractivity contribution < 1.29 is 0 Å². The molecule has 0 amide bonds. The maximum Gasteiger partial charge on any atom is 0.133 e. The van der Waals surface area contributed by atoms with Crippen LogP contribution in [0.2, 0.25) is 0 Å². The molecule has 0 saturated heterocycles. The highest BCUT2D eigenvalue weighted by Gasteiger charge is 2.29. The van der Waals surface area contributed by atoms with Gasteiger partial charge in [0.1, 0.15) is 5.82 Å². The molecule has 0 saturated carbocycles. The number of halogens is 1. The minimum absolute atomic E-state index is 0.0801. The Labute approximate surface area is 122 Å². The summed E-state index contributed by atoms with van der Waals surface area (Å²) < 4.78 is 3.12. The van der Waals surface area contributed by atoms with E-state index in [-0.39, 0.29) is 5.41 Å². The monoisotopic (exact) mass is 319 g/mol. The zero-order chi connectivity index (χ0) is 13.6. The highest BCUT2D eigenvalue weighted by atomic mass is 79.9. The smallest absolute Gasteiger partial charge is 0.133 e. The molecule has 0 spiro atoms. The largest absolute Gasteiger partial charge is 0.369 e. The maximum atomic E-state index is 4.84. The summed E-state index contributed by atoms with van der Waals surface area (Å²) in [5, 5.41) is 8.30. The van der Waals surface area contributed by atoms with Gasteiger partial charge >= 0.3 is 0 Å². The minimum atomic E-state index is 0.0801. The summed E-state index contributed by atoms with van der Waals surface area (Å²) >= 11 is 3.47. The fourth-order valence-electron chi connectivity index (χ4n) is 2.55. The lowest BCUT2D eigenvalue weighted by Gasteiger charge is -2.16. The van der Waals surface area contributed by atoms with E-state index in [1.165, 1.54) is 11.3 Å². The Kier molecular flexibility index (Phi) is 2.93. The van der Waals surface area contributed by atoms with Crippen LogP contribution in [-0.2, 0) is 11.8 Å². The van der Waals surface area contributed by atoms with Crippen molar-refractivity contribution in [1.29, 1.82) is 0 Å². The predicted molar refractivity (Wildman–Crippen MR) is 82.2 cm³/mol. The van der Waals surface area contributed by atoms with Gasteiger partial charge in [-0.1, -0.05) is 36.7 Å². The lowest BCUT2D eigenvalue weighted by molar-refractivity contribution is 0.554. The maximum absolute atomic E-state index is 4.84. The van der Waals surface area contributed by atoms with Crippen LogP contribution in [0.5, 0.6) is 0 Å². The Morgan fingerprint density at radius 2 is 1.89 bits per heavy atom. The van der Waals surface area contributed by atoms with Gasteiger partial charge in [-0.2, -0.15) is 5.10 Å². The molecular formula is C15H18BrN3. The fourth-order valence-corrected chi connectivity index (χ4v) is 2.81. The second-order valence-corrected chi connectivity index (χ2v) is 6.91. The van der Waals surface area contributed by atoms with Crippen molar-refractivity contribution >= 4 is 21.7 Å². The van der Waals surface area contributed by atoms with Gasteiger partial charge in [0.15, 0.2) is 0 Å². The third-order valence-electron chi connectivity index (χ3n) is 3.43. The van der Waals surface area contributed by atoms with Gasteiger partial charge in [-0.05, 0) is 30.7 Å². The predicted octanol–water partition coefficient (Wildman–Crippen LogP) is 3.90. The quantitative estimate of drug-likeness (QED) is 0.864. The van der Waals surface area contributed by atoms with Crippen LogP contribution < -0.4 is 5.32 Å². The molecule has 0 fully saturated rings. The molecular weight excluding hydrogens is 302 g/mol. The first-order valence-electron chi connectivity index (χ1n) is 6.59. The topological polar surface area (TPSA) is 29.9 Å². The zero-order valence-corrected chi connectivity index (χ0v) is 13.1. The van der Waals surface area contributed by atoms with E-state index in [0.717, 1.165) is 28.9 Å². The summed E-state index contributed by atoms with van der Waals surface area (Å²) in [6.07, 6.45) is 1.07. The summed E-state index contributed by atoms with van der Waals surface area (Å²) in [6, 6.07) is 8.28. The van der Waals surface area contributed by atoms with Crippen molar-refractivity contribution in [3.63, 3.8) is 0 Å². The van der Waals surface area contributed by atoms with Crippen LogP contribution in [0.25, 0.3) is 5.69 Å². The first kappa shape index (κ1) is 12.7. The van der Waals surface area contributed by atoms with E-state index in [4.69, 9.17) is 5.10 Å². The summed E-state index contributed by atoms with van der Waals surface area (Å²) in [4.78, 5) is 0. The molecule has 1 N–H and O–H groups in total. The molecule has 0 atom stereocenters. The van der Waals surface area contributed by atoms with E-state index < -0.39 is 0 Å².